The number of hydrogen-bond donors (Lipinski definition) is 1. The Morgan fingerprint density at radius 1 is 1.41 bits per heavy atom. The van der Waals surface area contributed by atoms with Gasteiger partial charge in [0, 0.05) is 10.8 Å². The van der Waals surface area contributed by atoms with Crippen LogP contribution < -0.4 is 5.32 Å². The van der Waals surface area contributed by atoms with Gasteiger partial charge in [0.15, 0.2) is 0 Å². The monoisotopic (exact) mass is 271 g/mol. The van der Waals surface area contributed by atoms with E-state index in [0.717, 1.165) is 11.3 Å². The minimum absolute atomic E-state index is 0.0313. The van der Waals surface area contributed by atoms with Gasteiger partial charge in [-0.1, -0.05) is 25.1 Å². The van der Waals surface area contributed by atoms with Crippen LogP contribution in [0.5, 0.6) is 0 Å². The maximum absolute atomic E-state index is 11.8. The van der Waals surface area contributed by atoms with Crippen molar-refractivity contribution in [2.45, 2.75) is 30.7 Å². The van der Waals surface area contributed by atoms with Gasteiger partial charge in [-0.25, -0.2) is 0 Å². The molecule has 17 heavy (non-hydrogen) atoms. The van der Waals surface area contributed by atoms with Crippen LogP contribution in [0.25, 0.3) is 0 Å². The smallest absolute Gasteiger partial charge is 0.230 e. The first kappa shape index (κ1) is 14.4. The van der Waals surface area contributed by atoms with Gasteiger partial charge in [0.25, 0.3) is 0 Å². The molecule has 1 N–H and O–H groups in total. The van der Waals surface area contributed by atoms with Gasteiger partial charge in [-0.05, 0) is 25.5 Å². The predicted molar refractivity (Wildman–Crippen MR) is 74.7 cm³/mol. The third kappa shape index (κ3) is 5.00. The highest BCUT2D eigenvalue weighted by Gasteiger charge is 2.22. The van der Waals surface area contributed by atoms with Crippen molar-refractivity contribution in [2.24, 2.45) is 0 Å². The molecule has 1 unspecified atom stereocenters. The van der Waals surface area contributed by atoms with Crippen molar-refractivity contribution < 1.29 is 4.79 Å². The van der Waals surface area contributed by atoms with Crippen molar-refractivity contribution in [3.05, 3.63) is 30.3 Å². The van der Waals surface area contributed by atoms with Crippen molar-refractivity contribution in [3.8, 4) is 0 Å². The van der Waals surface area contributed by atoms with Crippen molar-refractivity contribution >= 4 is 29.3 Å². The Hall–Kier alpha value is -0.670. The highest BCUT2D eigenvalue weighted by molar-refractivity contribution is 8.00. The van der Waals surface area contributed by atoms with Crippen molar-refractivity contribution in [2.75, 3.05) is 11.6 Å². The van der Waals surface area contributed by atoms with Gasteiger partial charge in [-0.3, -0.25) is 4.79 Å². The number of alkyl halides is 1. The number of thioether (sulfide) groups is 1. The zero-order chi connectivity index (χ0) is 12.7. The van der Waals surface area contributed by atoms with Gasteiger partial charge in [0.05, 0.1) is 11.3 Å². The molecule has 0 bridgehead atoms. The number of hydrogen-bond acceptors (Lipinski definition) is 2. The average Bonchev–Trinajstić information content (AvgIpc) is 2.37. The first-order chi connectivity index (χ1) is 8.09. The first-order valence-corrected chi connectivity index (χ1v) is 7.16. The topological polar surface area (TPSA) is 29.1 Å². The summed E-state index contributed by atoms with van der Waals surface area (Å²) in [6.45, 7) is 3.98. The molecule has 1 amide bonds. The molecule has 0 aliphatic rings. The fourth-order valence-corrected chi connectivity index (χ4v) is 2.23. The van der Waals surface area contributed by atoms with Gasteiger partial charge >= 0.3 is 0 Å². The molecule has 1 atom stereocenters. The Kier molecular flexibility index (Phi) is 5.86. The molecule has 4 heteroatoms. The average molecular weight is 272 g/mol. The largest absolute Gasteiger partial charge is 0.349 e. The molecular formula is C13H18ClNOS. The van der Waals surface area contributed by atoms with Gasteiger partial charge < -0.3 is 5.32 Å². The molecule has 1 aromatic carbocycles. The minimum atomic E-state index is -0.296. The molecule has 0 spiro atoms. The van der Waals surface area contributed by atoms with Crippen molar-refractivity contribution in [3.63, 3.8) is 0 Å². The molecule has 0 saturated heterocycles. The summed E-state index contributed by atoms with van der Waals surface area (Å²) in [5.74, 6) is 0.894. The van der Waals surface area contributed by atoms with Gasteiger partial charge in [0.2, 0.25) is 5.91 Å². The molecular weight excluding hydrogens is 254 g/mol. The molecule has 1 aromatic rings. The van der Waals surface area contributed by atoms with Crippen LogP contribution in [0.15, 0.2) is 35.2 Å². The summed E-state index contributed by atoms with van der Waals surface area (Å²) in [5.41, 5.74) is -0.296. The Labute approximate surface area is 112 Å². The molecule has 2 nitrogen and oxygen atoms in total. The Morgan fingerprint density at radius 3 is 2.59 bits per heavy atom. The summed E-state index contributed by atoms with van der Waals surface area (Å²) in [6.07, 6.45) is 0.832. The molecule has 1 rings (SSSR count). The van der Waals surface area contributed by atoms with Crippen LogP contribution in [0.3, 0.4) is 0 Å². The fraction of sp³-hybridized carbons (Fsp3) is 0.462. The molecule has 94 valence electrons. The molecule has 0 fully saturated rings. The quantitative estimate of drug-likeness (QED) is 0.635. The molecule has 0 aliphatic heterocycles. The van der Waals surface area contributed by atoms with Gasteiger partial charge in [-0.15, -0.1) is 23.4 Å². The number of nitrogens with one attached hydrogen (secondary N) is 1. The van der Waals surface area contributed by atoms with E-state index in [0.29, 0.717) is 11.6 Å². The lowest BCUT2D eigenvalue weighted by Gasteiger charge is -2.26. The maximum atomic E-state index is 11.8. The molecule has 0 aromatic heterocycles. The summed E-state index contributed by atoms with van der Waals surface area (Å²) >= 11 is 7.38. The number of halogens is 1. The SMILES string of the molecule is CCC(C)(CCl)NC(=O)CSc1ccccc1. The van der Waals surface area contributed by atoms with Crippen LogP contribution in [0.2, 0.25) is 0 Å². The summed E-state index contributed by atoms with van der Waals surface area (Å²) in [7, 11) is 0. The van der Waals surface area contributed by atoms with E-state index in [1.807, 2.05) is 44.2 Å². The van der Waals surface area contributed by atoms with Gasteiger partial charge in [-0.2, -0.15) is 0 Å². The fourth-order valence-electron chi connectivity index (χ4n) is 1.25. The first-order valence-electron chi connectivity index (χ1n) is 5.64. The standard InChI is InChI=1S/C13H18ClNOS/c1-3-13(2,10-14)15-12(16)9-17-11-7-5-4-6-8-11/h4-8H,3,9-10H2,1-2H3,(H,15,16). The van der Waals surface area contributed by atoms with E-state index >= 15 is 0 Å². The Morgan fingerprint density at radius 2 is 2.06 bits per heavy atom. The molecule has 0 saturated carbocycles. The predicted octanol–water partition coefficient (Wildman–Crippen LogP) is 3.30. The molecule has 0 heterocycles. The number of benzene rings is 1. The highest BCUT2D eigenvalue weighted by atomic mass is 35.5. The van der Waals surface area contributed by atoms with Gasteiger partial charge in [0.1, 0.15) is 0 Å². The van der Waals surface area contributed by atoms with E-state index in [9.17, 15) is 4.79 Å². The summed E-state index contributed by atoms with van der Waals surface area (Å²) < 4.78 is 0. The third-order valence-corrected chi connectivity index (χ3v) is 4.23. The summed E-state index contributed by atoms with van der Waals surface area (Å²) in [6, 6.07) is 9.90. The Bertz CT molecular complexity index is 352. The Balaban J connectivity index is 2.40. The second-order valence-corrected chi connectivity index (χ2v) is 5.51. The van der Waals surface area contributed by atoms with Crippen LogP contribution in [-0.4, -0.2) is 23.1 Å². The highest BCUT2D eigenvalue weighted by Crippen LogP contribution is 2.17. The number of carbonyl (C=O) groups is 1. The summed E-state index contributed by atoms with van der Waals surface area (Å²) in [5, 5.41) is 2.97. The zero-order valence-electron chi connectivity index (χ0n) is 10.2. The maximum Gasteiger partial charge on any atom is 0.230 e. The minimum Gasteiger partial charge on any atom is -0.349 e. The van der Waals surface area contributed by atoms with Crippen molar-refractivity contribution in [1.82, 2.24) is 5.32 Å². The lowest BCUT2D eigenvalue weighted by Crippen LogP contribution is -2.47. The second-order valence-electron chi connectivity index (χ2n) is 4.20. The van der Waals surface area contributed by atoms with Crippen molar-refractivity contribution in [1.29, 1.82) is 0 Å². The summed E-state index contributed by atoms with van der Waals surface area (Å²) in [4.78, 5) is 12.9. The van der Waals surface area contributed by atoms with Crippen LogP contribution in [0.4, 0.5) is 0 Å². The lowest BCUT2D eigenvalue weighted by atomic mass is 10.0. The second kappa shape index (κ2) is 6.92. The van der Waals surface area contributed by atoms with Crippen LogP contribution in [0, 0.1) is 0 Å². The number of rotatable bonds is 6. The zero-order valence-corrected chi connectivity index (χ0v) is 11.8. The van der Waals surface area contributed by atoms with Crippen LogP contribution in [0.1, 0.15) is 20.3 Å². The molecule has 0 radical (unpaired) electrons. The normalized spacial score (nSPS) is 14.1. The van der Waals surface area contributed by atoms with Crippen LogP contribution >= 0.6 is 23.4 Å². The van der Waals surface area contributed by atoms with E-state index in [2.05, 4.69) is 5.32 Å². The van der Waals surface area contributed by atoms with E-state index < -0.39 is 0 Å². The lowest BCUT2D eigenvalue weighted by molar-refractivity contribution is -0.120. The number of carbonyl (C=O) groups excluding carboxylic acids is 1. The number of amides is 1. The van der Waals surface area contributed by atoms with E-state index in [4.69, 9.17) is 11.6 Å². The van der Waals surface area contributed by atoms with E-state index in [1.54, 1.807) is 0 Å². The third-order valence-electron chi connectivity index (χ3n) is 2.63. The molecule has 0 aliphatic carbocycles. The van der Waals surface area contributed by atoms with Crippen LogP contribution in [-0.2, 0) is 4.79 Å². The van der Waals surface area contributed by atoms with E-state index in [-0.39, 0.29) is 11.4 Å². The van der Waals surface area contributed by atoms with E-state index in [1.165, 1.54) is 11.8 Å².